The molecule has 0 atom stereocenters. The molecule has 1 aromatic rings. The maximum atomic E-state index is 8.65. The van der Waals surface area contributed by atoms with Crippen LogP contribution >= 0.6 is 15.9 Å². The van der Waals surface area contributed by atoms with E-state index in [1.54, 1.807) is 0 Å². The van der Waals surface area contributed by atoms with Gasteiger partial charge in [0, 0.05) is 11.1 Å². The van der Waals surface area contributed by atoms with Gasteiger partial charge in [-0.25, -0.2) is 0 Å². The first kappa shape index (κ1) is 14.7. The Morgan fingerprint density at radius 1 is 0.765 bits per heavy atom. The molecule has 0 saturated carbocycles. The summed E-state index contributed by atoms with van der Waals surface area (Å²) in [5, 5.41) is 8.65. The van der Waals surface area contributed by atoms with Crippen molar-refractivity contribution in [1.82, 2.24) is 0 Å². The smallest absolute Gasteiger partial charge is 0.0431 e. The van der Waals surface area contributed by atoms with Gasteiger partial charge in [0.2, 0.25) is 0 Å². The van der Waals surface area contributed by atoms with Crippen LogP contribution in [0.2, 0.25) is 0 Å². The first-order valence-electron chi connectivity index (χ1n) is 6.68. The summed E-state index contributed by atoms with van der Waals surface area (Å²) >= 11 is 3.45. The number of aliphatic hydroxyl groups is 1. The fourth-order valence-corrected chi connectivity index (χ4v) is 2.24. The molecule has 1 nitrogen and oxygen atoms in total. The predicted octanol–water partition coefficient (Wildman–Crippen LogP) is 4.71. The molecule has 0 unspecified atom stereocenters. The van der Waals surface area contributed by atoms with Gasteiger partial charge in [0.05, 0.1) is 0 Å². The molecule has 0 spiro atoms. The van der Waals surface area contributed by atoms with Gasteiger partial charge in [-0.3, -0.25) is 0 Å². The summed E-state index contributed by atoms with van der Waals surface area (Å²) in [7, 11) is 0. The Balaban J connectivity index is 1.95. The molecule has 96 valence electrons. The number of aryl methyl sites for hydroxylation is 1. The molecule has 17 heavy (non-hydrogen) atoms. The zero-order valence-electron chi connectivity index (χ0n) is 10.5. The summed E-state index contributed by atoms with van der Waals surface area (Å²) in [6, 6.07) is 8.63. The van der Waals surface area contributed by atoms with Gasteiger partial charge in [0.1, 0.15) is 0 Å². The van der Waals surface area contributed by atoms with E-state index in [-0.39, 0.29) is 0 Å². The third-order valence-corrected chi connectivity index (χ3v) is 3.57. The van der Waals surface area contributed by atoms with Gasteiger partial charge in [-0.1, -0.05) is 60.2 Å². The van der Waals surface area contributed by atoms with E-state index < -0.39 is 0 Å². The molecular formula is C15H23BrO. The van der Waals surface area contributed by atoms with Gasteiger partial charge in [0.25, 0.3) is 0 Å². The topological polar surface area (TPSA) is 20.2 Å². The van der Waals surface area contributed by atoms with Gasteiger partial charge in [-0.05, 0) is 37.0 Å². The van der Waals surface area contributed by atoms with Crippen LogP contribution in [0.4, 0.5) is 0 Å². The molecule has 0 radical (unpaired) electrons. The Morgan fingerprint density at radius 2 is 1.29 bits per heavy atom. The highest BCUT2D eigenvalue weighted by molar-refractivity contribution is 9.10. The molecule has 0 bridgehead atoms. The van der Waals surface area contributed by atoms with Crippen LogP contribution in [-0.2, 0) is 6.42 Å². The molecule has 1 aromatic carbocycles. The normalized spacial score (nSPS) is 10.7. The van der Waals surface area contributed by atoms with Crippen molar-refractivity contribution in [2.45, 2.75) is 51.4 Å². The van der Waals surface area contributed by atoms with Gasteiger partial charge < -0.3 is 5.11 Å². The molecule has 0 aromatic heterocycles. The van der Waals surface area contributed by atoms with Crippen LogP contribution in [0.3, 0.4) is 0 Å². The third-order valence-electron chi connectivity index (χ3n) is 3.04. The summed E-state index contributed by atoms with van der Waals surface area (Å²) in [5.41, 5.74) is 1.44. The number of hydrogen-bond acceptors (Lipinski definition) is 1. The first-order valence-corrected chi connectivity index (χ1v) is 7.47. The lowest BCUT2D eigenvalue weighted by atomic mass is 10.0. The van der Waals surface area contributed by atoms with Gasteiger partial charge in [0.15, 0.2) is 0 Å². The van der Waals surface area contributed by atoms with Crippen LogP contribution in [0.5, 0.6) is 0 Å². The fraction of sp³-hybridized carbons (Fsp3) is 0.600. The molecule has 0 aliphatic heterocycles. The van der Waals surface area contributed by atoms with E-state index in [1.807, 2.05) is 0 Å². The monoisotopic (exact) mass is 298 g/mol. The number of aliphatic hydroxyl groups excluding tert-OH is 1. The molecule has 0 saturated heterocycles. The van der Waals surface area contributed by atoms with Gasteiger partial charge in [-0.2, -0.15) is 0 Å². The third kappa shape index (κ3) is 7.56. The molecule has 0 aliphatic carbocycles. The number of hydrogen-bond donors (Lipinski definition) is 1. The largest absolute Gasteiger partial charge is 0.396 e. The zero-order chi connectivity index (χ0) is 12.3. The van der Waals surface area contributed by atoms with E-state index in [9.17, 15) is 0 Å². The van der Waals surface area contributed by atoms with Crippen molar-refractivity contribution in [3.63, 3.8) is 0 Å². The molecule has 2 heteroatoms. The van der Waals surface area contributed by atoms with E-state index in [0.29, 0.717) is 6.61 Å². The highest BCUT2D eigenvalue weighted by atomic mass is 79.9. The van der Waals surface area contributed by atoms with Crippen LogP contribution in [-0.4, -0.2) is 11.7 Å². The second kappa shape index (κ2) is 9.67. The molecule has 0 aliphatic rings. The first-order chi connectivity index (χ1) is 8.33. The van der Waals surface area contributed by atoms with Crippen LogP contribution in [0.1, 0.15) is 50.5 Å². The Morgan fingerprint density at radius 3 is 1.88 bits per heavy atom. The van der Waals surface area contributed by atoms with Crippen molar-refractivity contribution < 1.29 is 5.11 Å². The van der Waals surface area contributed by atoms with E-state index in [2.05, 4.69) is 40.2 Å². The van der Waals surface area contributed by atoms with Crippen molar-refractivity contribution in [3.8, 4) is 0 Å². The van der Waals surface area contributed by atoms with Crippen molar-refractivity contribution in [1.29, 1.82) is 0 Å². The van der Waals surface area contributed by atoms with Crippen molar-refractivity contribution in [2.75, 3.05) is 6.61 Å². The number of rotatable bonds is 9. The summed E-state index contributed by atoms with van der Waals surface area (Å²) in [4.78, 5) is 0. The minimum Gasteiger partial charge on any atom is -0.396 e. The van der Waals surface area contributed by atoms with Gasteiger partial charge in [-0.15, -0.1) is 0 Å². The van der Waals surface area contributed by atoms with Gasteiger partial charge >= 0.3 is 0 Å². The summed E-state index contributed by atoms with van der Waals surface area (Å²) in [6.45, 7) is 0.351. The van der Waals surface area contributed by atoms with E-state index >= 15 is 0 Å². The minimum atomic E-state index is 0.351. The lowest BCUT2D eigenvalue weighted by Crippen LogP contribution is -1.87. The van der Waals surface area contributed by atoms with E-state index in [0.717, 1.165) is 10.9 Å². The Hall–Kier alpha value is -0.340. The molecule has 1 rings (SSSR count). The Labute approximate surface area is 113 Å². The molecule has 0 amide bonds. The van der Waals surface area contributed by atoms with E-state index in [1.165, 1.54) is 50.5 Å². The second-order valence-corrected chi connectivity index (χ2v) is 5.49. The predicted molar refractivity (Wildman–Crippen MR) is 77.3 cm³/mol. The quantitative estimate of drug-likeness (QED) is 0.654. The maximum Gasteiger partial charge on any atom is 0.0431 e. The van der Waals surface area contributed by atoms with Crippen molar-refractivity contribution in [3.05, 3.63) is 34.3 Å². The van der Waals surface area contributed by atoms with Crippen LogP contribution in [0.15, 0.2) is 28.7 Å². The summed E-state index contributed by atoms with van der Waals surface area (Å²) < 4.78 is 1.16. The average molecular weight is 299 g/mol. The SMILES string of the molecule is OCCCCCCCCCc1ccc(Br)cc1. The standard InChI is InChI=1S/C15H23BrO/c16-15-11-9-14(10-12-15)8-6-4-2-1-3-5-7-13-17/h9-12,17H,1-8,13H2. The average Bonchev–Trinajstić information content (AvgIpc) is 2.35. The summed E-state index contributed by atoms with van der Waals surface area (Å²) in [5.74, 6) is 0. The van der Waals surface area contributed by atoms with Crippen LogP contribution < -0.4 is 0 Å². The second-order valence-electron chi connectivity index (χ2n) is 4.57. The number of halogens is 1. The highest BCUT2D eigenvalue weighted by Crippen LogP contribution is 2.14. The minimum absolute atomic E-state index is 0.351. The fourth-order valence-electron chi connectivity index (χ4n) is 1.98. The lowest BCUT2D eigenvalue weighted by Gasteiger charge is -2.02. The number of benzene rings is 1. The van der Waals surface area contributed by atoms with E-state index in [4.69, 9.17) is 5.11 Å². The lowest BCUT2D eigenvalue weighted by molar-refractivity contribution is 0.282. The zero-order valence-corrected chi connectivity index (χ0v) is 12.1. The molecule has 0 fully saturated rings. The van der Waals surface area contributed by atoms with Crippen molar-refractivity contribution in [2.24, 2.45) is 0 Å². The Kier molecular flexibility index (Phi) is 8.37. The highest BCUT2D eigenvalue weighted by Gasteiger charge is 1.94. The summed E-state index contributed by atoms with van der Waals surface area (Å²) in [6.07, 6.45) is 9.91. The molecule has 1 N–H and O–H groups in total. The molecular weight excluding hydrogens is 276 g/mol. The number of unbranched alkanes of at least 4 members (excludes halogenated alkanes) is 6. The Bertz CT molecular complexity index is 281. The van der Waals surface area contributed by atoms with Crippen molar-refractivity contribution >= 4 is 15.9 Å². The van der Waals surface area contributed by atoms with Crippen LogP contribution in [0.25, 0.3) is 0 Å². The maximum absolute atomic E-state index is 8.65. The molecule has 0 heterocycles. The van der Waals surface area contributed by atoms with Crippen LogP contribution in [0, 0.1) is 0 Å².